The van der Waals surface area contributed by atoms with Crippen LogP contribution < -0.4 is 4.90 Å². The standard InChI is InChI=1S/C20H21F3N6/c1-27-13-15(12-26-27)14-28-8-10-29(11-9-28)19-18(24-6-7-25-19)16-2-4-17(5-3-16)20(21,22)23/h2-7,12-13H,8-11,14H2,1H3. The van der Waals surface area contributed by atoms with Crippen molar-refractivity contribution in [2.24, 2.45) is 7.05 Å². The van der Waals surface area contributed by atoms with E-state index in [1.807, 2.05) is 19.4 Å². The lowest BCUT2D eigenvalue weighted by molar-refractivity contribution is -0.137. The molecule has 29 heavy (non-hydrogen) atoms. The fraction of sp³-hybridized carbons (Fsp3) is 0.350. The zero-order valence-electron chi connectivity index (χ0n) is 16.0. The normalized spacial score (nSPS) is 15.7. The van der Waals surface area contributed by atoms with Crippen molar-refractivity contribution in [1.82, 2.24) is 24.6 Å². The highest BCUT2D eigenvalue weighted by Crippen LogP contribution is 2.32. The van der Waals surface area contributed by atoms with Crippen LogP contribution in [0.2, 0.25) is 0 Å². The van der Waals surface area contributed by atoms with Crippen molar-refractivity contribution in [3.8, 4) is 11.3 Å². The third kappa shape index (κ3) is 4.40. The van der Waals surface area contributed by atoms with Crippen molar-refractivity contribution in [2.45, 2.75) is 12.7 Å². The first-order valence-electron chi connectivity index (χ1n) is 9.33. The summed E-state index contributed by atoms with van der Waals surface area (Å²) in [5.41, 5.74) is 1.72. The molecule has 0 aliphatic carbocycles. The van der Waals surface area contributed by atoms with E-state index >= 15 is 0 Å². The van der Waals surface area contributed by atoms with Crippen LogP contribution in [-0.4, -0.2) is 50.8 Å². The van der Waals surface area contributed by atoms with Crippen molar-refractivity contribution in [2.75, 3.05) is 31.1 Å². The number of halogens is 3. The molecule has 0 saturated carbocycles. The van der Waals surface area contributed by atoms with Crippen LogP contribution in [0.5, 0.6) is 0 Å². The topological polar surface area (TPSA) is 50.1 Å². The molecule has 0 atom stereocenters. The van der Waals surface area contributed by atoms with Gasteiger partial charge in [0.25, 0.3) is 0 Å². The second-order valence-corrected chi connectivity index (χ2v) is 7.09. The Morgan fingerprint density at radius 3 is 2.28 bits per heavy atom. The molecule has 2 aromatic heterocycles. The Labute approximate surface area is 166 Å². The van der Waals surface area contributed by atoms with Gasteiger partial charge in [0.15, 0.2) is 5.82 Å². The Morgan fingerprint density at radius 2 is 1.66 bits per heavy atom. The summed E-state index contributed by atoms with van der Waals surface area (Å²) >= 11 is 0. The number of piperazine rings is 1. The Kier molecular flexibility index (Phi) is 5.23. The highest BCUT2D eigenvalue weighted by atomic mass is 19.4. The van der Waals surface area contributed by atoms with Crippen LogP contribution in [0, 0.1) is 0 Å². The van der Waals surface area contributed by atoms with Gasteiger partial charge in [0.05, 0.1) is 11.8 Å². The summed E-state index contributed by atoms with van der Waals surface area (Å²) in [4.78, 5) is 13.4. The quantitative estimate of drug-likeness (QED) is 0.671. The smallest absolute Gasteiger partial charge is 0.352 e. The number of hydrogen-bond donors (Lipinski definition) is 0. The summed E-state index contributed by atoms with van der Waals surface area (Å²) in [6.45, 7) is 4.10. The second kappa shape index (κ2) is 7.82. The fourth-order valence-electron chi connectivity index (χ4n) is 3.51. The molecule has 0 amide bonds. The zero-order valence-corrected chi connectivity index (χ0v) is 16.0. The summed E-state index contributed by atoms with van der Waals surface area (Å²) in [6, 6.07) is 5.07. The average Bonchev–Trinajstić information content (AvgIpc) is 3.13. The van der Waals surface area contributed by atoms with Crippen molar-refractivity contribution in [3.63, 3.8) is 0 Å². The minimum Gasteiger partial charge on any atom is -0.352 e. The molecule has 0 spiro atoms. The van der Waals surface area contributed by atoms with Gasteiger partial charge in [-0.3, -0.25) is 14.6 Å². The Balaban J connectivity index is 1.48. The van der Waals surface area contributed by atoms with Gasteiger partial charge in [0.2, 0.25) is 0 Å². The van der Waals surface area contributed by atoms with Gasteiger partial charge in [-0.1, -0.05) is 12.1 Å². The SMILES string of the molecule is Cn1cc(CN2CCN(c3nccnc3-c3ccc(C(F)(F)F)cc3)CC2)cn1. The molecule has 0 N–H and O–H groups in total. The number of alkyl halides is 3. The molecule has 6 nitrogen and oxygen atoms in total. The molecular weight excluding hydrogens is 381 g/mol. The third-order valence-electron chi connectivity index (χ3n) is 5.00. The summed E-state index contributed by atoms with van der Waals surface area (Å²) < 4.78 is 40.3. The maximum Gasteiger partial charge on any atom is 0.416 e. The van der Waals surface area contributed by atoms with E-state index in [1.54, 1.807) is 17.1 Å². The predicted octanol–water partition coefficient (Wildman–Crippen LogP) is 3.22. The van der Waals surface area contributed by atoms with Gasteiger partial charge in [0.1, 0.15) is 5.69 Å². The summed E-state index contributed by atoms with van der Waals surface area (Å²) in [7, 11) is 1.90. The van der Waals surface area contributed by atoms with E-state index in [0.717, 1.165) is 44.9 Å². The molecule has 9 heteroatoms. The predicted molar refractivity (Wildman–Crippen MR) is 103 cm³/mol. The van der Waals surface area contributed by atoms with Gasteiger partial charge in [-0.25, -0.2) is 4.98 Å². The lowest BCUT2D eigenvalue weighted by Crippen LogP contribution is -2.46. The maximum atomic E-state index is 12.8. The molecule has 3 heterocycles. The van der Waals surface area contributed by atoms with E-state index < -0.39 is 11.7 Å². The van der Waals surface area contributed by atoms with Gasteiger partial charge < -0.3 is 4.90 Å². The molecule has 1 aliphatic heterocycles. The minimum atomic E-state index is -4.35. The van der Waals surface area contributed by atoms with Crippen LogP contribution in [0.4, 0.5) is 19.0 Å². The Bertz CT molecular complexity index is 959. The molecule has 3 aromatic rings. The van der Waals surface area contributed by atoms with Crippen molar-refractivity contribution < 1.29 is 13.2 Å². The molecule has 4 rings (SSSR count). The van der Waals surface area contributed by atoms with E-state index in [2.05, 4.69) is 24.9 Å². The van der Waals surface area contributed by atoms with Crippen LogP contribution in [0.3, 0.4) is 0 Å². The number of hydrogen-bond acceptors (Lipinski definition) is 5. The highest BCUT2D eigenvalue weighted by molar-refractivity contribution is 5.72. The van der Waals surface area contributed by atoms with Gasteiger partial charge in [-0.05, 0) is 12.1 Å². The van der Waals surface area contributed by atoms with E-state index in [0.29, 0.717) is 17.1 Å². The maximum absolute atomic E-state index is 12.8. The molecule has 1 fully saturated rings. The van der Waals surface area contributed by atoms with Gasteiger partial charge in [0, 0.05) is 69.5 Å². The van der Waals surface area contributed by atoms with Gasteiger partial charge in [-0.2, -0.15) is 18.3 Å². The number of rotatable bonds is 4. The van der Waals surface area contributed by atoms with E-state index in [9.17, 15) is 13.2 Å². The van der Waals surface area contributed by atoms with Crippen molar-refractivity contribution in [3.05, 3.63) is 60.2 Å². The summed E-state index contributed by atoms with van der Waals surface area (Å²) in [5.74, 6) is 0.702. The molecule has 0 radical (unpaired) electrons. The van der Waals surface area contributed by atoms with Crippen LogP contribution in [0.15, 0.2) is 49.1 Å². The van der Waals surface area contributed by atoms with Gasteiger partial charge in [-0.15, -0.1) is 0 Å². The number of nitrogens with zero attached hydrogens (tertiary/aromatic N) is 6. The molecule has 0 bridgehead atoms. The van der Waals surface area contributed by atoms with Crippen molar-refractivity contribution in [1.29, 1.82) is 0 Å². The number of aryl methyl sites for hydroxylation is 1. The van der Waals surface area contributed by atoms with Crippen LogP contribution in [-0.2, 0) is 19.8 Å². The first-order valence-corrected chi connectivity index (χ1v) is 9.33. The van der Waals surface area contributed by atoms with Crippen LogP contribution in [0.1, 0.15) is 11.1 Å². The molecule has 1 aliphatic rings. The lowest BCUT2D eigenvalue weighted by atomic mass is 10.1. The lowest BCUT2D eigenvalue weighted by Gasteiger charge is -2.35. The largest absolute Gasteiger partial charge is 0.416 e. The van der Waals surface area contributed by atoms with Crippen LogP contribution in [0.25, 0.3) is 11.3 Å². The molecule has 1 aromatic carbocycles. The average molecular weight is 402 g/mol. The molecule has 1 saturated heterocycles. The van der Waals surface area contributed by atoms with Crippen molar-refractivity contribution >= 4 is 5.82 Å². The van der Waals surface area contributed by atoms with Gasteiger partial charge >= 0.3 is 6.18 Å². The monoisotopic (exact) mass is 402 g/mol. The first kappa shape index (κ1) is 19.4. The highest BCUT2D eigenvalue weighted by Gasteiger charge is 2.30. The van der Waals surface area contributed by atoms with Crippen LogP contribution >= 0.6 is 0 Å². The molecule has 152 valence electrons. The van der Waals surface area contributed by atoms with E-state index in [1.165, 1.54) is 17.7 Å². The number of aromatic nitrogens is 4. The number of benzene rings is 1. The number of anilines is 1. The van der Waals surface area contributed by atoms with E-state index in [-0.39, 0.29) is 0 Å². The Morgan fingerprint density at radius 1 is 0.966 bits per heavy atom. The fourth-order valence-corrected chi connectivity index (χ4v) is 3.51. The minimum absolute atomic E-state index is 0.599. The molecule has 0 unspecified atom stereocenters. The Hall–Kier alpha value is -2.94. The summed E-state index contributed by atoms with van der Waals surface area (Å²) in [6.07, 6.45) is 2.71. The first-order chi connectivity index (χ1) is 13.9. The zero-order chi connectivity index (χ0) is 20.4. The molecular formula is C20H21F3N6. The second-order valence-electron chi connectivity index (χ2n) is 7.09. The third-order valence-corrected chi connectivity index (χ3v) is 5.00. The summed E-state index contributed by atoms with van der Waals surface area (Å²) in [5, 5.41) is 4.20. The van der Waals surface area contributed by atoms with E-state index in [4.69, 9.17) is 0 Å².